The predicted molar refractivity (Wildman–Crippen MR) is 67.6 cm³/mol. The molecule has 1 aromatic carbocycles. The van der Waals surface area contributed by atoms with E-state index in [1.807, 2.05) is 25.8 Å². The number of anilines is 1. The zero-order valence-corrected chi connectivity index (χ0v) is 10.7. The lowest BCUT2D eigenvalue weighted by Gasteiger charge is -2.25. The Morgan fingerprint density at radius 1 is 1.44 bits per heavy atom. The Hall–Kier alpha value is -0.800. The molecule has 16 heavy (non-hydrogen) atoms. The van der Waals surface area contributed by atoms with Gasteiger partial charge in [0.15, 0.2) is 0 Å². The zero-order valence-electron chi connectivity index (χ0n) is 9.93. The third-order valence-electron chi connectivity index (χ3n) is 2.44. The van der Waals surface area contributed by atoms with E-state index in [9.17, 15) is 4.39 Å². The number of rotatable bonds is 4. The highest BCUT2D eigenvalue weighted by atomic mass is 35.5. The summed E-state index contributed by atoms with van der Waals surface area (Å²) >= 11 is 5.72. The van der Waals surface area contributed by atoms with Gasteiger partial charge in [-0.15, -0.1) is 0 Å². The summed E-state index contributed by atoms with van der Waals surface area (Å²) < 4.78 is 13.0. The average Bonchev–Trinajstić information content (AvgIpc) is 2.17. The molecule has 0 aliphatic heterocycles. The Balaban J connectivity index is 2.66. The van der Waals surface area contributed by atoms with Crippen LogP contribution in [0, 0.1) is 5.82 Å². The third-order valence-corrected chi connectivity index (χ3v) is 2.73. The molecule has 0 radical (unpaired) electrons. The monoisotopic (exact) mass is 244 g/mol. The highest BCUT2D eigenvalue weighted by Gasteiger charge is 2.12. The lowest BCUT2D eigenvalue weighted by molar-refractivity contribution is 0.479. The van der Waals surface area contributed by atoms with E-state index in [1.54, 1.807) is 12.1 Å². The number of halogens is 2. The summed E-state index contributed by atoms with van der Waals surface area (Å²) in [6.45, 7) is 4.78. The molecule has 0 amide bonds. The molecule has 0 aliphatic rings. The van der Waals surface area contributed by atoms with Gasteiger partial charge in [0.05, 0.1) is 5.02 Å². The first-order chi connectivity index (χ1) is 7.29. The van der Waals surface area contributed by atoms with Crippen LogP contribution in [0.3, 0.4) is 0 Å². The van der Waals surface area contributed by atoms with Crippen molar-refractivity contribution in [1.82, 2.24) is 0 Å². The molecule has 0 aliphatic carbocycles. The minimum Gasteiger partial charge on any atom is -0.374 e. The quantitative estimate of drug-likeness (QED) is 0.882. The van der Waals surface area contributed by atoms with Crippen LogP contribution in [0.5, 0.6) is 0 Å². The van der Waals surface area contributed by atoms with E-state index in [0.29, 0.717) is 0 Å². The van der Waals surface area contributed by atoms with E-state index in [1.165, 1.54) is 6.07 Å². The molecule has 2 nitrogen and oxygen atoms in total. The number of benzene rings is 1. The number of nitrogens with zero attached hydrogens (tertiary/aromatic N) is 1. The van der Waals surface area contributed by atoms with Crippen LogP contribution in [-0.2, 0) is 0 Å². The van der Waals surface area contributed by atoms with Gasteiger partial charge in [0.1, 0.15) is 5.82 Å². The number of hydrogen-bond acceptors (Lipinski definition) is 2. The third kappa shape index (κ3) is 3.99. The van der Waals surface area contributed by atoms with E-state index in [-0.39, 0.29) is 10.6 Å². The molecule has 2 N–H and O–H groups in total. The minimum atomic E-state index is -0.391. The SMILES string of the molecule is CN(CCC(C)(C)N)c1ccc(F)c(Cl)c1. The normalized spacial score (nSPS) is 11.6. The van der Waals surface area contributed by atoms with E-state index in [4.69, 9.17) is 17.3 Å². The first kappa shape index (κ1) is 13.3. The summed E-state index contributed by atoms with van der Waals surface area (Å²) in [4.78, 5) is 2.01. The zero-order chi connectivity index (χ0) is 12.3. The standard InChI is InChI=1S/C12H18ClFN2/c1-12(2,15)6-7-16(3)9-4-5-11(14)10(13)8-9/h4-5,8H,6-7,15H2,1-3H3. The first-order valence-corrected chi connectivity index (χ1v) is 5.62. The number of nitrogens with two attached hydrogens (primary N) is 1. The van der Waals surface area contributed by atoms with Gasteiger partial charge >= 0.3 is 0 Å². The summed E-state index contributed by atoms with van der Waals surface area (Å²) in [5, 5.41) is 0.149. The van der Waals surface area contributed by atoms with Gasteiger partial charge in [-0.2, -0.15) is 0 Å². The summed E-state index contributed by atoms with van der Waals surface area (Å²) in [6, 6.07) is 4.72. The van der Waals surface area contributed by atoms with E-state index < -0.39 is 5.82 Å². The van der Waals surface area contributed by atoms with Crippen LogP contribution in [-0.4, -0.2) is 19.1 Å². The van der Waals surface area contributed by atoms with Crippen LogP contribution in [0.2, 0.25) is 5.02 Å². The fourth-order valence-corrected chi connectivity index (χ4v) is 1.48. The van der Waals surface area contributed by atoms with Crippen LogP contribution >= 0.6 is 11.6 Å². The van der Waals surface area contributed by atoms with Crippen LogP contribution in [0.1, 0.15) is 20.3 Å². The summed E-state index contributed by atoms with van der Waals surface area (Å²) in [5.74, 6) is -0.391. The largest absolute Gasteiger partial charge is 0.374 e. The Morgan fingerprint density at radius 3 is 2.56 bits per heavy atom. The fourth-order valence-electron chi connectivity index (χ4n) is 1.31. The summed E-state index contributed by atoms with van der Waals surface area (Å²) in [5.41, 5.74) is 6.61. The van der Waals surface area contributed by atoms with Gasteiger partial charge in [0.25, 0.3) is 0 Å². The minimum absolute atomic E-state index is 0.149. The molecule has 1 aromatic rings. The second-order valence-corrected chi connectivity index (χ2v) is 5.17. The van der Waals surface area contributed by atoms with Crippen LogP contribution in [0.4, 0.5) is 10.1 Å². The molecule has 0 heterocycles. The second kappa shape index (κ2) is 5.02. The maximum Gasteiger partial charge on any atom is 0.141 e. The highest BCUT2D eigenvalue weighted by molar-refractivity contribution is 6.31. The predicted octanol–water partition coefficient (Wildman–Crippen LogP) is 3.04. The fraction of sp³-hybridized carbons (Fsp3) is 0.500. The van der Waals surface area contributed by atoms with Crippen molar-refractivity contribution in [3.63, 3.8) is 0 Å². The molecule has 1 rings (SSSR count). The van der Waals surface area contributed by atoms with E-state index in [2.05, 4.69) is 0 Å². The molecule has 0 bridgehead atoms. The van der Waals surface area contributed by atoms with Gasteiger partial charge in [-0.1, -0.05) is 11.6 Å². The Morgan fingerprint density at radius 2 is 2.06 bits per heavy atom. The topological polar surface area (TPSA) is 29.3 Å². The van der Waals surface area contributed by atoms with Crippen molar-refractivity contribution in [3.05, 3.63) is 29.0 Å². The smallest absolute Gasteiger partial charge is 0.141 e. The van der Waals surface area contributed by atoms with Crippen molar-refractivity contribution in [2.45, 2.75) is 25.8 Å². The van der Waals surface area contributed by atoms with Crippen LogP contribution in [0.25, 0.3) is 0 Å². The maximum atomic E-state index is 13.0. The first-order valence-electron chi connectivity index (χ1n) is 5.25. The van der Waals surface area contributed by atoms with Gasteiger partial charge in [0.2, 0.25) is 0 Å². The average molecular weight is 245 g/mol. The lowest BCUT2D eigenvalue weighted by atomic mass is 10.0. The van der Waals surface area contributed by atoms with Crippen LogP contribution in [0.15, 0.2) is 18.2 Å². The molecule has 4 heteroatoms. The Bertz CT molecular complexity index is 361. The van der Waals surface area contributed by atoms with E-state index in [0.717, 1.165) is 18.7 Å². The van der Waals surface area contributed by atoms with Gasteiger partial charge in [-0.05, 0) is 38.5 Å². The molecule has 0 saturated carbocycles. The number of hydrogen-bond donors (Lipinski definition) is 1. The molecule has 0 fully saturated rings. The van der Waals surface area contributed by atoms with E-state index >= 15 is 0 Å². The van der Waals surface area contributed by atoms with Gasteiger partial charge in [0, 0.05) is 24.8 Å². The summed E-state index contributed by atoms with van der Waals surface area (Å²) in [7, 11) is 1.94. The molecule has 0 unspecified atom stereocenters. The highest BCUT2D eigenvalue weighted by Crippen LogP contribution is 2.22. The molecular formula is C12H18ClFN2. The molecule has 0 atom stereocenters. The van der Waals surface area contributed by atoms with Crippen molar-refractivity contribution in [1.29, 1.82) is 0 Å². The summed E-state index contributed by atoms with van der Waals surface area (Å²) in [6.07, 6.45) is 0.860. The van der Waals surface area contributed by atoms with Crippen molar-refractivity contribution in [3.8, 4) is 0 Å². The van der Waals surface area contributed by atoms with Gasteiger partial charge < -0.3 is 10.6 Å². The maximum absolute atomic E-state index is 13.0. The van der Waals surface area contributed by atoms with Crippen molar-refractivity contribution < 1.29 is 4.39 Å². The van der Waals surface area contributed by atoms with Crippen LogP contribution < -0.4 is 10.6 Å². The molecule has 90 valence electrons. The van der Waals surface area contributed by atoms with Gasteiger partial charge in [-0.25, -0.2) is 4.39 Å². The lowest BCUT2D eigenvalue weighted by Crippen LogP contribution is -2.36. The molecule has 0 aromatic heterocycles. The Kier molecular flexibility index (Phi) is 4.16. The second-order valence-electron chi connectivity index (χ2n) is 4.76. The van der Waals surface area contributed by atoms with Crippen molar-refractivity contribution >= 4 is 17.3 Å². The molecular weight excluding hydrogens is 227 g/mol. The van der Waals surface area contributed by atoms with Crippen molar-refractivity contribution in [2.24, 2.45) is 5.73 Å². The molecule has 0 spiro atoms. The molecule has 0 saturated heterocycles. The Labute approximate surface area is 101 Å². The van der Waals surface area contributed by atoms with Gasteiger partial charge in [-0.3, -0.25) is 0 Å². The van der Waals surface area contributed by atoms with Crippen molar-refractivity contribution in [2.75, 3.05) is 18.5 Å².